The maximum absolute atomic E-state index is 12.8. The highest BCUT2D eigenvalue weighted by Gasteiger charge is 2.32. The Hall–Kier alpha value is -2.54. The molecular formula is C20H23N3O3S. The van der Waals surface area contributed by atoms with Crippen LogP contribution in [0, 0.1) is 0 Å². The third-order valence-corrected chi connectivity index (χ3v) is 5.19. The number of aromatic amines is 1. The van der Waals surface area contributed by atoms with Gasteiger partial charge in [0.15, 0.2) is 5.16 Å². The fraction of sp³-hybridized carbons (Fsp3) is 0.350. The number of unbranched alkanes of at least 4 members (excludes halogenated alkanes) is 1. The SMILES string of the molecule is C=CCSc1nc2c(c(=O)[nH]1)[C@H](c1ccccc1OCCCC)CC(=O)N2. The van der Waals surface area contributed by atoms with E-state index in [2.05, 4.69) is 28.8 Å². The number of hydrogen-bond acceptors (Lipinski definition) is 5. The number of benzene rings is 1. The molecule has 27 heavy (non-hydrogen) atoms. The van der Waals surface area contributed by atoms with Crippen molar-refractivity contribution in [2.24, 2.45) is 0 Å². The Morgan fingerprint density at radius 2 is 2.19 bits per heavy atom. The van der Waals surface area contributed by atoms with E-state index < -0.39 is 0 Å². The topological polar surface area (TPSA) is 84.1 Å². The van der Waals surface area contributed by atoms with Gasteiger partial charge in [0.25, 0.3) is 5.56 Å². The summed E-state index contributed by atoms with van der Waals surface area (Å²) in [7, 11) is 0. The van der Waals surface area contributed by atoms with Crippen molar-refractivity contribution in [2.75, 3.05) is 17.7 Å². The van der Waals surface area contributed by atoms with Crippen molar-refractivity contribution < 1.29 is 9.53 Å². The van der Waals surface area contributed by atoms with Crippen molar-refractivity contribution in [1.82, 2.24) is 9.97 Å². The summed E-state index contributed by atoms with van der Waals surface area (Å²) in [6.07, 6.45) is 3.90. The van der Waals surface area contributed by atoms with Crippen molar-refractivity contribution in [3.05, 3.63) is 58.4 Å². The van der Waals surface area contributed by atoms with Crippen molar-refractivity contribution in [1.29, 1.82) is 0 Å². The van der Waals surface area contributed by atoms with Crippen LogP contribution in [0.25, 0.3) is 0 Å². The predicted octanol–water partition coefficient (Wildman–Crippen LogP) is 3.70. The number of rotatable bonds is 8. The molecular weight excluding hydrogens is 362 g/mol. The summed E-state index contributed by atoms with van der Waals surface area (Å²) in [4.78, 5) is 32.3. The number of carbonyl (C=O) groups excluding carboxylic acids is 1. The number of aromatic nitrogens is 2. The van der Waals surface area contributed by atoms with Crippen molar-refractivity contribution in [3.63, 3.8) is 0 Å². The number of hydrogen-bond donors (Lipinski definition) is 2. The zero-order chi connectivity index (χ0) is 19.2. The summed E-state index contributed by atoms with van der Waals surface area (Å²) >= 11 is 1.36. The van der Waals surface area contributed by atoms with Gasteiger partial charge in [0.2, 0.25) is 5.91 Å². The minimum atomic E-state index is -0.388. The van der Waals surface area contributed by atoms with Crippen molar-refractivity contribution in [2.45, 2.75) is 37.3 Å². The summed E-state index contributed by atoms with van der Waals surface area (Å²) in [5.41, 5.74) is 1.08. The molecule has 2 N–H and O–H groups in total. The molecule has 0 saturated heterocycles. The molecule has 0 radical (unpaired) electrons. The zero-order valence-electron chi connectivity index (χ0n) is 15.3. The Balaban J connectivity index is 2.01. The first-order chi connectivity index (χ1) is 13.1. The molecule has 1 aromatic heterocycles. The first-order valence-corrected chi connectivity index (χ1v) is 10.0. The van der Waals surface area contributed by atoms with Crippen LogP contribution in [0.1, 0.15) is 43.2 Å². The Morgan fingerprint density at radius 3 is 2.96 bits per heavy atom. The van der Waals surface area contributed by atoms with Gasteiger partial charge in [0.1, 0.15) is 11.6 Å². The first kappa shape index (κ1) is 19.2. The fourth-order valence-electron chi connectivity index (χ4n) is 3.05. The third-order valence-electron chi connectivity index (χ3n) is 4.32. The number of ether oxygens (including phenoxy) is 1. The van der Waals surface area contributed by atoms with E-state index in [1.165, 1.54) is 11.8 Å². The van der Waals surface area contributed by atoms with Gasteiger partial charge in [0.05, 0.1) is 12.2 Å². The molecule has 1 aliphatic heterocycles. The number of anilines is 1. The molecule has 1 amide bonds. The number of nitrogens with one attached hydrogen (secondary N) is 2. The van der Waals surface area contributed by atoms with Gasteiger partial charge in [-0.3, -0.25) is 9.59 Å². The quantitative estimate of drug-likeness (QED) is 0.313. The van der Waals surface area contributed by atoms with Crippen LogP contribution >= 0.6 is 11.8 Å². The molecule has 7 heteroatoms. The maximum atomic E-state index is 12.8. The fourth-order valence-corrected chi connectivity index (χ4v) is 3.65. The van der Waals surface area contributed by atoms with Crippen LogP contribution in [0.4, 0.5) is 5.82 Å². The number of para-hydroxylation sites is 1. The molecule has 2 heterocycles. The Morgan fingerprint density at radius 1 is 1.37 bits per heavy atom. The Bertz CT molecular complexity index is 894. The van der Waals surface area contributed by atoms with Gasteiger partial charge in [-0.2, -0.15) is 0 Å². The molecule has 1 aliphatic rings. The van der Waals surface area contributed by atoms with E-state index in [0.29, 0.717) is 34.6 Å². The number of amides is 1. The number of carbonyl (C=O) groups is 1. The number of H-pyrrole nitrogens is 1. The summed E-state index contributed by atoms with van der Waals surface area (Å²) in [5, 5.41) is 3.20. The minimum Gasteiger partial charge on any atom is -0.493 e. The summed E-state index contributed by atoms with van der Waals surface area (Å²) in [6, 6.07) is 7.58. The van der Waals surface area contributed by atoms with Crippen molar-refractivity contribution >= 4 is 23.5 Å². The molecule has 0 bridgehead atoms. The van der Waals surface area contributed by atoms with E-state index in [-0.39, 0.29) is 23.8 Å². The van der Waals surface area contributed by atoms with E-state index in [9.17, 15) is 9.59 Å². The van der Waals surface area contributed by atoms with Crippen LogP contribution in [0.15, 0.2) is 46.9 Å². The summed E-state index contributed by atoms with van der Waals surface area (Å²) in [6.45, 7) is 6.37. The van der Waals surface area contributed by atoms with E-state index in [1.807, 2.05) is 24.3 Å². The molecule has 0 unspecified atom stereocenters. The second kappa shape index (κ2) is 8.90. The highest BCUT2D eigenvalue weighted by molar-refractivity contribution is 7.99. The molecule has 142 valence electrons. The standard InChI is InChI=1S/C20H23N3O3S/c1-3-5-10-26-15-9-7-6-8-13(15)14-12-16(24)21-18-17(14)19(25)23-20(22-18)27-11-4-2/h4,6-9,14H,2-3,5,10-12H2,1H3,(H2,21,22,23,24,25)/t14-/m0/s1. The lowest BCUT2D eigenvalue weighted by molar-refractivity contribution is -0.116. The normalized spacial score (nSPS) is 15.7. The molecule has 0 saturated carbocycles. The molecule has 3 rings (SSSR count). The lowest BCUT2D eigenvalue weighted by atomic mass is 9.86. The van der Waals surface area contributed by atoms with Gasteiger partial charge in [-0.1, -0.05) is 49.4 Å². The minimum absolute atomic E-state index is 0.159. The van der Waals surface area contributed by atoms with Crippen LogP contribution in [-0.2, 0) is 4.79 Å². The van der Waals surface area contributed by atoms with E-state index in [4.69, 9.17) is 4.74 Å². The predicted molar refractivity (Wildman–Crippen MR) is 108 cm³/mol. The number of nitrogens with zero attached hydrogens (tertiary/aromatic N) is 1. The van der Waals surface area contributed by atoms with Crippen LogP contribution in [-0.4, -0.2) is 28.2 Å². The van der Waals surface area contributed by atoms with Crippen LogP contribution < -0.4 is 15.6 Å². The van der Waals surface area contributed by atoms with E-state index in [1.54, 1.807) is 6.08 Å². The summed E-state index contributed by atoms with van der Waals surface area (Å²) in [5.74, 6) is 1.11. The number of fused-ring (bicyclic) bond motifs is 1. The molecule has 2 aromatic rings. The second-order valence-electron chi connectivity index (χ2n) is 6.28. The molecule has 6 nitrogen and oxygen atoms in total. The van der Waals surface area contributed by atoms with Gasteiger partial charge in [-0.15, -0.1) is 6.58 Å². The molecule has 1 aromatic carbocycles. The van der Waals surface area contributed by atoms with Gasteiger partial charge >= 0.3 is 0 Å². The van der Waals surface area contributed by atoms with Crippen LogP contribution in [0.3, 0.4) is 0 Å². The Kier molecular flexibility index (Phi) is 6.34. The van der Waals surface area contributed by atoms with Gasteiger partial charge < -0.3 is 15.0 Å². The molecule has 0 aliphatic carbocycles. The second-order valence-corrected chi connectivity index (χ2v) is 7.29. The zero-order valence-corrected chi connectivity index (χ0v) is 16.1. The van der Waals surface area contributed by atoms with Gasteiger partial charge in [-0.25, -0.2) is 4.98 Å². The average molecular weight is 385 g/mol. The van der Waals surface area contributed by atoms with Gasteiger partial charge in [-0.05, 0) is 12.5 Å². The lowest BCUT2D eigenvalue weighted by Gasteiger charge is -2.26. The maximum Gasteiger partial charge on any atom is 0.257 e. The Labute approximate surface area is 162 Å². The largest absolute Gasteiger partial charge is 0.493 e. The summed E-state index contributed by atoms with van der Waals surface area (Å²) < 4.78 is 5.92. The number of thioether (sulfide) groups is 1. The van der Waals surface area contributed by atoms with E-state index in [0.717, 1.165) is 18.4 Å². The van der Waals surface area contributed by atoms with Crippen LogP contribution in [0.5, 0.6) is 5.75 Å². The monoisotopic (exact) mass is 385 g/mol. The third kappa shape index (κ3) is 4.42. The van der Waals surface area contributed by atoms with Gasteiger partial charge in [0, 0.05) is 23.7 Å². The average Bonchev–Trinajstić information content (AvgIpc) is 2.66. The van der Waals surface area contributed by atoms with Crippen LogP contribution in [0.2, 0.25) is 0 Å². The van der Waals surface area contributed by atoms with E-state index >= 15 is 0 Å². The highest BCUT2D eigenvalue weighted by Crippen LogP contribution is 2.38. The first-order valence-electron chi connectivity index (χ1n) is 9.03. The van der Waals surface area contributed by atoms with Crippen molar-refractivity contribution in [3.8, 4) is 5.75 Å². The molecule has 0 spiro atoms. The molecule has 0 fully saturated rings. The highest BCUT2D eigenvalue weighted by atomic mass is 32.2. The smallest absolute Gasteiger partial charge is 0.257 e. The molecule has 1 atom stereocenters. The lowest BCUT2D eigenvalue weighted by Crippen LogP contribution is -2.31.